The van der Waals surface area contributed by atoms with Gasteiger partial charge in [0.15, 0.2) is 4.84 Å². The molecule has 0 aliphatic rings. The van der Waals surface area contributed by atoms with Gasteiger partial charge in [-0.2, -0.15) is 0 Å². The predicted octanol–water partition coefficient (Wildman–Crippen LogP) is 2.79. The number of halogens is 2. The molecular formula is C14H13Cl2NO3. The quantitative estimate of drug-likeness (QED) is 0.700. The van der Waals surface area contributed by atoms with Crippen LogP contribution in [0, 0.1) is 0 Å². The van der Waals surface area contributed by atoms with E-state index in [0.29, 0.717) is 10.9 Å². The standard InChI is InChI=1S/C14H13Cl2NO3/c1-3-7-4-5-9-8(6-7)11(18)10(12(19)13(15)16)14(20)17(9)2/h4-6,13,18H,3H2,1-2H3. The molecule has 1 N–H and O–H groups in total. The van der Waals surface area contributed by atoms with Crippen LogP contribution in [0.2, 0.25) is 0 Å². The largest absolute Gasteiger partial charge is 0.506 e. The summed E-state index contributed by atoms with van der Waals surface area (Å²) in [5, 5.41) is 10.7. The Morgan fingerprint density at radius 2 is 2.05 bits per heavy atom. The van der Waals surface area contributed by atoms with Gasteiger partial charge in [0.2, 0.25) is 5.78 Å². The van der Waals surface area contributed by atoms with Crippen molar-refractivity contribution in [2.45, 2.75) is 18.2 Å². The van der Waals surface area contributed by atoms with Gasteiger partial charge in [0.1, 0.15) is 11.3 Å². The van der Waals surface area contributed by atoms with E-state index in [-0.39, 0.29) is 11.3 Å². The number of Topliss-reactive ketones (excluding diaryl/α,β-unsaturated/α-hetero) is 1. The number of carbonyl (C=O) groups excluding carboxylic acids is 1. The summed E-state index contributed by atoms with van der Waals surface area (Å²) in [6.07, 6.45) is 0.773. The van der Waals surface area contributed by atoms with Crippen molar-refractivity contribution < 1.29 is 9.90 Å². The molecular weight excluding hydrogens is 301 g/mol. The molecule has 0 amide bonds. The van der Waals surface area contributed by atoms with E-state index in [9.17, 15) is 14.7 Å². The van der Waals surface area contributed by atoms with Gasteiger partial charge in [0, 0.05) is 12.4 Å². The zero-order chi connectivity index (χ0) is 15.0. The molecule has 6 heteroatoms. The Morgan fingerprint density at radius 1 is 1.40 bits per heavy atom. The minimum Gasteiger partial charge on any atom is -0.506 e. The van der Waals surface area contributed by atoms with Gasteiger partial charge < -0.3 is 9.67 Å². The number of aromatic nitrogens is 1. The van der Waals surface area contributed by atoms with Gasteiger partial charge in [-0.05, 0) is 24.1 Å². The van der Waals surface area contributed by atoms with Gasteiger partial charge in [-0.3, -0.25) is 9.59 Å². The van der Waals surface area contributed by atoms with Crippen molar-refractivity contribution in [1.29, 1.82) is 0 Å². The molecule has 4 nitrogen and oxygen atoms in total. The minimum atomic E-state index is -1.39. The van der Waals surface area contributed by atoms with E-state index in [1.54, 1.807) is 12.1 Å². The number of ketones is 1. The average Bonchev–Trinajstić information content (AvgIpc) is 2.44. The Morgan fingerprint density at radius 3 is 2.60 bits per heavy atom. The molecule has 20 heavy (non-hydrogen) atoms. The lowest BCUT2D eigenvalue weighted by Crippen LogP contribution is -2.27. The number of hydrogen-bond donors (Lipinski definition) is 1. The van der Waals surface area contributed by atoms with Gasteiger partial charge in [-0.1, -0.05) is 36.2 Å². The van der Waals surface area contributed by atoms with Crippen LogP contribution < -0.4 is 5.56 Å². The average molecular weight is 314 g/mol. The molecule has 0 fully saturated rings. The molecule has 0 spiro atoms. The Hall–Kier alpha value is -1.52. The van der Waals surface area contributed by atoms with Crippen molar-refractivity contribution in [3.8, 4) is 5.75 Å². The lowest BCUT2D eigenvalue weighted by Gasteiger charge is -2.12. The fraction of sp³-hybridized carbons (Fsp3) is 0.286. The van der Waals surface area contributed by atoms with Crippen molar-refractivity contribution in [1.82, 2.24) is 4.57 Å². The third-order valence-corrected chi connectivity index (χ3v) is 3.68. The number of pyridine rings is 1. The van der Waals surface area contributed by atoms with Crippen LogP contribution in [0.4, 0.5) is 0 Å². The number of aryl methyl sites for hydroxylation is 2. The fourth-order valence-electron chi connectivity index (χ4n) is 2.13. The van der Waals surface area contributed by atoms with Gasteiger partial charge in [-0.25, -0.2) is 0 Å². The topological polar surface area (TPSA) is 59.3 Å². The number of fused-ring (bicyclic) bond motifs is 1. The highest BCUT2D eigenvalue weighted by molar-refractivity contribution is 6.55. The second kappa shape index (κ2) is 5.46. The molecule has 1 heterocycles. The highest BCUT2D eigenvalue weighted by Gasteiger charge is 2.25. The number of hydrogen-bond acceptors (Lipinski definition) is 3. The maximum absolute atomic E-state index is 12.2. The lowest BCUT2D eigenvalue weighted by atomic mass is 10.0. The second-order valence-corrected chi connectivity index (χ2v) is 5.55. The van der Waals surface area contributed by atoms with E-state index in [4.69, 9.17) is 23.2 Å². The number of aromatic hydroxyl groups is 1. The van der Waals surface area contributed by atoms with Gasteiger partial charge in [0.25, 0.3) is 5.56 Å². The van der Waals surface area contributed by atoms with Crippen molar-refractivity contribution in [3.63, 3.8) is 0 Å². The third-order valence-electron chi connectivity index (χ3n) is 3.29. The summed E-state index contributed by atoms with van der Waals surface area (Å²) < 4.78 is 1.30. The first kappa shape index (κ1) is 14.9. The maximum Gasteiger partial charge on any atom is 0.265 e. The van der Waals surface area contributed by atoms with Crippen LogP contribution in [0.15, 0.2) is 23.0 Å². The summed E-state index contributed by atoms with van der Waals surface area (Å²) in [5.41, 5.74) is 0.541. The van der Waals surface area contributed by atoms with E-state index in [1.807, 2.05) is 13.0 Å². The molecule has 0 aliphatic carbocycles. The lowest BCUT2D eigenvalue weighted by molar-refractivity contribution is 0.100. The normalized spacial score (nSPS) is 11.2. The van der Waals surface area contributed by atoms with Gasteiger partial charge >= 0.3 is 0 Å². The molecule has 0 saturated carbocycles. The molecule has 106 valence electrons. The van der Waals surface area contributed by atoms with Crippen LogP contribution >= 0.6 is 23.2 Å². The van der Waals surface area contributed by atoms with Crippen LogP contribution in [-0.4, -0.2) is 20.3 Å². The van der Waals surface area contributed by atoms with E-state index < -0.39 is 16.2 Å². The third kappa shape index (κ3) is 2.30. The monoisotopic (exact) mass is 313 g/mol. The Kier molecular flexibility index (Phi) is 4.06. The van der Waals surface area contributed by atoms with E-state index in [2.05, 4.69) is 0 Å². The number of rotatable bonds is 3. The molecule has 0 aliphatic heterocycles. The summed E-state index contributed by atoms with van der Waals surface area (Å²) in [4.78, 5) is 22.7. The van der Waals surface area contributed by atoms with Crippen LogP contribution in [0.1, 0.15) is 22.8 Å². The Balaban J connectivity index is 2.90. The van der Waals surface area contributed by atoms with Crippen molar-refractivity contribution in [2.24, 2.45) is 7.05 Å². The highest BCUT2D eigenvalue weighted by Crippen LogP contribution is 2.29. The highest BCUT2D eigenvalue weighted by atomic mass is 35.5. The Bertz CT molecular complexity index is 750. The molecule has 0 unspecified atom stereocenters. The summed E-state index contributed by atoms with van der Waals surface area (Å²) in [6, 6.07) is 5.36. The number of alkyl halides is 2. The van der Waals surface area contributed by atoms with E-state index in [1.165, 1.54) is 11.6 Å². The first-order valence-corrected chi connectivity index (χ1v) is 6.92. The zero-order valence-electron chi connectivity index (χ0n) is 11.0. The molecule has 0 radical (unpaired) electrons. The molecule has 2 rings (SSSR count). The summed E-state index contributed by atoms with van der Waals surface area (Å²) in [5.74, 6) is -1.16. The van der Waals surface area contributed by atoms with Gasteiger partial charge in [0.05, 0.1) is 5.52 Å². The molecule has 1 aromatic carbocycles. The van der Waals surface area contributed by atoms with Crippen molar-refractivity contribution in [3.05, 3.63) is 39.7 Å². The van der Waals surface area contributed by atoms with Crippen LogP contribution in [0.25, 0.3) is 10.9 Å². The number of nitrogens with zero attached hydrogens (tertiary/aromatic N) is 1. The van der Waals surface area contributed by atoms with Gasteiger partial charge in [-0.15, -0.1) is 0 Å². The fourth-order valence-corrected chi connectivity index (χ4v) is 2.35. The summed E-state index contributed by atoms with van der Waals surface area (Å²) in [7, 11) is 1.53. The van der Waals surface area contributed by atoms with Crippen LogP contribution in [0.3, 0.4) is 0 Å². The first-order valence-electron chi connectivity index (χ1n) is 6.05. The second-order valence-electron chi connectivity index (χ2n) is 4.46. The number of carbonyl (C=O) groups is 1. The minimum absolute atomic E-state index is 0.366. The van der Waals surface area contributed by atoms with Crippen LogP contribution in [-0.2, 0) is 13.5 Å². The van der Waals surface area contributed by atoms with Crippen LogP contribution in [0.5, 0.6) is 5.75 Å². The molecule has 0 saturated heterocycles. The smallest absolute Gasteiger partial charge is 0.265 e. The predicted molar refractivity (Wildman–Crippen MR) is 80.1 cm³/mol. The molecule has 0 bridgehead atoms. The number of benzene rings is 1. The summed E-state index contributed by atoms with van der Waals surface area (Å²) >= 11 is 11.1. The first-order chi connectivity index (χ1) is 9.38. The molecule has 0 atom stereocenters. The molecule has 2 aromatic rings. The van der Waals surface area contributed by atoms with Crippen molar-refractivity contribution in [2.75, 3.05) is 0 Å². The van der Waals surface area contributed by atoms with Crippen molar-refractivity contribution >= 4 is 39.9 Å². The van der Waals surface area contributed by atoms with E-state index in [0.717, 1.165) is 12.0 Å². The zero-order valence-corrected chi connectivity index (χ0v) is 12.5. The Labute approximate surface area is 125 Å². The van der Waals surface area contributed by atoms with E-state index >= 15 is 0 Å². The SMILES string of the molecule is CCc1ccc2c(c1)c(O)c(C(=O)C(Cl)Cl)c(=O)n2C. The molecule has 1 aromatic heterocycles. The summed E-state index contributed by atoms with van der Waals surface area (Å²) in [6.45, 7) is 1.97. The maximum atomic E-state index is 12.2.